The minimum atomic E-state index is -0.0852. The number of benzene rings is 1. The second kappa shape index (κ2) is 9.10. The summed E-state index contributed by atoms with van der Waals surface area (Å²) in [5, 5.41) is 0. The summed E-state index contributed by atoms with van der Waals surface area (Å²) >= 11 is 0. The molecule has 0 aliphatic carbocycles. The summed E-state index contributed by atoms with van der Waals surface area (Å²) in [5.74, 6) is 2.55. The van der Waals surface area contributed by atoms with Crippen LogP contribution in [0.2, 0.25) is 0 Å². The molecule has 0 amide bonds. The first-order valence-corrected chi connectivity index (χ1v) is 6.77. The van der Waals surface area contributed by atoms with Crippen molar-refractivity contribution in [1.82, 2.24) is 0 Å². The van der Waals surface area contributed by atoms with Gasteiger partial charge in [-0.3, -0.25) is 9.59 Å². The van der Waals surface area contributed by atoms with Crippen molar-refractivity contribution >= 4 is 11.6 Å². The lowest BCUT2D eigenvalue weighted by Gasteiger charge is -2.01. The fourth-order valence-corrected chi connectivity index (χ4v) is 1.90. The van der Waals surface area contributed by atoms with E-state index in [1.54, 1.807) is 12.1 Å². The molecule has 0 heterocycles. The third-order valence-corrected chi connectivity index (χ3v) is 2.98. The van der Waals surface area contributed by atoms with E-state index >= 15 is 0 Å². The van der Waals surface area contributed by atoms with E-state index in [1.807, 2.05) is 18.2 Å². The van der Waals surface area contributed by atoms with Gasteiger partial charge in [-0.05, 0) is 12.8 Å². The molecule has 2 nitrogen and oxygen atoms in total. The van der Waals surface area contributed by atoms with E-state index in [1.165, 1.54) is 0 Å². The van der Waals surface area contributed by atoms with Gasteiger partial charge in [0.2, 0.25) is 0 Å². The molecule has 0 aliphatic heterocycles. The van der Waals surface area contributed by atoms with Gasteiger partial charge in [0.05, 0.1) is 6.42 Å². The maximum Gasteiger partial charge on any atom is 0.170 e. The number of Topliss-reactive ketones (excluding diaryl/α,β-unsaturated/α-hetero) is 2. The van der Waals surface area contributed by atoms with Gasteiger partial charge in [-0.15, -0.1) is 12.3 Å². The zero-order valence-corrected chi connectivity index (χ0v) is 11.2. The summed E-state index contributed by atoms with van der Waals surface area (Å²) in [5.41, 5.74) is 0.616. The number of terminal acetylenes is 1. The molecule has 1 aromatic rings. The maximum absolute atomic E-state index is 11.8. The molecule has 100 valence electrons. The number of rotatable bonds is 9. The normalized spacial score (nSPS) is 9.84. The van der Waals surface area contributed by atoms with E-state index in [0.29, 0.717) is 12.0 Å². The molecule has 1 aromatic carbocycles. The molecule has 0 unspecified atom stereocenters. The molecular weight excluding hydrogens is 236 g/mol. The van der Waals surface area contributed by atoms with E-state index in [2.05, 4.69) is 5.92 Å². The Hall–Kier alpha value is -1.88. The number of unbranched alkanes of at least 4 members (excludes halogenated alkanes) is 4. The van der Waals surface area contributed by atoms with Crippen LogP contribution < -0.4 is 0 Å². The topological polar surface area (TPSA) is 34.1 Å². The molecule has 0 radical (unpaired) electrons. The Balaban J connectivity index is 2.18. The first-order chi connectivity index (χ1) is 9.24. The molecule has 0 N–H and O–H groups in total. The van der Waals surface area contributed by atoms with Crippen LogP contribution >= 0.6 is 0 Å². The monoisotopic (exact) mass is 256 g/mol. The van der Waals surface area contributed by atoms with Gasteiger partial charge in [0.15, 0.2) is 5.78 Å². The van der Waals surface area contributed by atoms with Crippen molar-refractivity contribution in [3.05, 3.63) is 35.9 Å². The van der Waals surface area contributed by atoms with Crippen molar-refractivity contribution < 1.29 is 9.59 Å². The smallest absolute Gasteiger partial charge is 0.170 e. The van der Waals surface area contributed by atoms with Crippen LogP contribution in [0.3, 0.4) is 0 Å². The highest BCUT2D eigenvalue weighted by Crippen LogP contribution is 2.09. The van der Waals surface area contributed by atoms with Crippen molar-refractivity contribution in [1.29, 1.82) is 0 Å². The van der Waals surface area contributed by atoms with Crippen molar-refractivity contribution in [3.63, 3.8) is 0 Å². The fraction of sp³-hybridized carbons (Fsp3) is 0.412. The Morgan fingerprint density at radius 2 is 1.68 bits per heavy atom. The highest BCUT2D eigenvalue weighted by atomic mass is 16.1. The molecule has 0 atom stereocenters. The molecule has 0 aliphatic rings. The highest BCUT2D eigenvalue weighted by Gasteiger charge is 2.10. The molecule has 2 heteroatoms. The summed E-state index contributed by atoms with van der Waals surface area (Å²) in [7, 11) is 0. The van der Waals surface area contributed by atoms with Gasteiger partial charge in [-0.25, -0.2) is 0 Å². The van der Waals surface area contributed by atoms with E-state index in [0.717, 1.165) is 32.1 Å². The molecular formula is C17H20O2. The SMILES string of the molecule is C#CCCCCCCC(=O)CC(=O)c1ccccc1. The van der Waals surface area contributed by atoms with Crippen LogP contribution in [0.5, 0.6) is 0 Å². The zero-order valence-electron chi connectivity index (χ0n) is 11.2. The number of carbonyl (C=O) groups excluding carboxylic acids is 2. The standard InChI is InChI=1S/C17H20O2/c1-2-3-4-5-6-10-13-16(18)14-17(19)15-11-8-7-9-12-15/h1,7-9,11-12H,3-6,10,13-14H2. The van der Waals surface area contributed by atoms with E-state index in [4.69, 9.17) is 6.42 Å². The molecule has 1 rings (SSSR count). The summed E-state index contributed by atoms with van der Waals surface area (Å²) in [4.78, 5) is 23.4. The highest BCUT2D eigenvalue weighted by molar-refractivity contribution is 6.07. The van der Waals surface area contributed by atoms with Gasteiger partial charge in [0.1, 0.15) is 5.78 Å². The molecule has 0 spiro atoms. The summed E-state index contributed by atoms with van der Waals surface area (Å²) in [6.45, 7) is 0. The third-order valence-electron chi connectivity index (χ3n) is 2.98. The number of hydrogen-bond acceptors (Lipinski definition) is 2. The predicted molar refractivity (Wildman–Crippen MR) is 76.9 cm³/mol. The zero-order chi connectivity index (χ0) is 13.9. The van der Waals surface area contributed by atoms with Crippen LogP contribution in [-0.2, 0) is 4.79 Å². The second-order valence-electron chi connectivity index (χ2n) is 4.62. The number of carbonyl (C=O) groups is 2. The van der Waals surface area contributed by atoms with Crippen molar-refractivity contribution in [2.24, 2.45) is 0 Å². The Morgan fingerprint density at radius 3 is 2.37 bits per heavy atom. The molecule has 0 aromatic heterocycles. The Labute approximate surface area is 115 Å². The average Bonchev–Trinajstić information content (AvgIpc) is 2.43. The van der Waals surface area contributed by atoms with Gasteiger partial charge in [0, 0.05) is 18.4 Å². The summed E-state index contributed by atoms with van der Waals surface area (Å²) < 4.78 is 0. The fourth-order valence-electron chi connectivity index (χ4n) is 1.90. The van der Waals surface area contributed by atoms with E-state index in [9.17, 15) is 9.59 Å². The molecule has 19 heavy (non-hydrogen) atoms. The lowest BCUT2D eigenvalue weighted by atomic mass is 10.0. The predicted octanol–water partition coefficient (Wildman–Crippen LogP) is 3.80. The van der Waals surface area contributed by atoms with Crippen LogP contribution in [0, 0.1) is 12.3 Å². The maximum atomic E-state index is 11.8. The van der Waals surface area contributed by atoms with Gasteiger partial charge < -0.3 is 0 Å². The lowest BCUT2D eigenvalue weighted by molar-refractivity contribution is -0.118. The molecule has 0 saturated carbocycles. The van der Waals surface area contributed by atoms with Crippen molar-refractivity contribution in [2.45, 2.75) is 44.9 Å². The van der Waals surface area contributed by atoms with Crippen LogP contribution in [0.1, 0.15) is 55.3 Å². The Bertz CT molecular complexity index is 440. The third kappa shape index (κ3) is 6.57. The first-order valence-electron chi connectivity index (χ1n) is 6.77. The minimum absolute atomic E-state index is 0.0222. The number of ketones is 2. The first kappa shape index (κ1) is 15.2. The molecule has 0 saturated heterocycles. The molecule has 0 fully saturated rings. The van der Waals surface area contributed by atoms with Crippen LogP contribution in [-0.4, -0.2) is 11.6 Å². The Kier molecular flexibility index (Phi) is 7.27. The quantitative estimate of drug-likeness (QED) is 0.291. The minimum Gasteiger partial charge on any atom is -0.299 e. The van der Waals surface area contributed by atoms with E-state index in [-0.39, 0.29) is 18.0 Å². The van der Waals surface area contributed by atoms with Gasteiger partial charge in [0.25, 0.3) is 0 Å². The van der Waals surface area contributed by atoms with Gasteiger partial charge in [-0.1, -0.05) is 43.2 Å². The van der Waals surface area contributed by atoms with Gasteiger partial charge in [-0.2, -0.15) is 0 Å². The summed E-state index contributed by atoms with van der Waals surface area (Å²) in [6.07, 6.45) is 10.4. The Morgan fingerprint density at radius 1 is 1.00 bits per heavy atom. The van der Waals surface area contributed by atoms with Crippen molar-refractivity contribution in [2.75, 3.05) is 0 Å². The summed E-state index contributed by atoms with van der Waals surface area (Å²) in [6, 6.07) is 8.96. The second-order valence-corrected chi connectivity index (χ2v) is 4.62. The molecule has 0 bridgehead atoms. The van der Waals surface area contributed by atoms with Gasteiger partial charge >= 0.3 is 0 Å². The average molecular weight is 256 g/mol. The van der Waals surface area contributed by atoms with Crippen LogP contribution in [0.15, 0.2) is 30.3 Å². The number of hydrogen-bond donors (Lipinski definition) is 0. The van der Waals surface area contributed by atoms with Crippen LogP contribution in [0.4, 0.5) is 0 Å². The largest absolute Gasteiger partial charge is 0.299 e. The van der Waals surface area contributed by atoms with E-state index < -0.39 is 0 Å². The lowest BCUT2D eigenvalue weighted by Crippen LogP contribution is -2.07. The van der Waals surface area contributed by atoms with Crippen molar-refractivity contribution in [3.8, 4) is 12.3 Å². The van der Waals surface area contributed by atoms with Crippen LogP contribution in [0.25, 0.3) is 0 Å².